The van der Waals surface area contributed by atoms with Crippen LogP contribution in [0, 0.1) is 3.57 Å². The van der Waals surface area contributed by atoms with Gasteiger partial charge in [-0.25, -0.2) is 14.6 Å². The summed E-state index contributed by atoms with van der Waals surface area (Å²) in [7, 11) is 0. The van der Waals surface area contributed by atoms with Crippen LogP contribution >= 0.6 is 49.9 Å². The molecule has 0 unspecified atom stereocenters. The zero-order chi connectivity index (χ0) is 30.5. The molecule has 0 aliphatic carbocycles. The Morgan fingerprint density at radius 2 is 1.70 bits per heavy atom. The van der Waals surface area contributed by atoms with Gasteiger partial charge in [0.1, 0.15) is 5.75 Å². The van der Waals surface area contributed by atoms with Crippen molar-refractivity contribution >= 4 is 73.6 Å². The van der Waals surface area contributed by atoms with E-state index in [1.807, 2.05) is 72.8 Å². The van der Waals surface area contributed by atoms with Crippen LogP contribution in [0.25, 0.3) is 11.8 Å². The summed E-state index contributed by atoms with van der Waals surface area (Å²) >= 11 is 6.86. The molecule has 0 fully saturated rings. The molecule has 220 valence electrons. The second kappa shape index (κ2) is 13.8. The third-order valence-electron chi connectivity index (χ3n) is 6.45. The second-order valence-electron chi connectivity index (χ2n) is 9.24. The average molecular weight is 773 g/mol. The molecule has 1 aliphatic heterocycles. The topological polar surface area (TPSA) is 96.2 Å². The number of fused-ring (bicyclic) bond motifs is 1. The molecule has 1 atom stereocenters. The van der Waals surface area contributed by atoms with Crippen LogP contribution in [-0.2, 0) is 19.1 Å². The molecule has 11 heteroatoms. The van der Waals surface area contributed by atoms with Crippen molar-refractivity contribution in [3.05, 3.63) is 123 Å². The number of nitrogens with zero attached hydrogens (tertiary/aromatic N) is 2. The van der Waals surface area contributed by atoms with E-state index in [9.17, 15) is 14.4 Å². The van der Waals surface area contributed by atoms with E-state index in [0.717, 1.165) is 19.2 Å². The lowest BCUT2D eigenvalue weighted by molar-refractivity contribution is -0.145. The predicted molar refractivity (Wildman–Crippen MR) is 176 cm³/mol. The van der Waals surface area contributed by atoms with Crippen molar-refractivity contribution < 1.29 is 23.8 Å². The van der Waals surface area contributed by atoms with Crippen molar-refractivity contribution in [3.63, 3.8) is 0 Å². The largest absolute Gasteiger partial charge is 0.480 e. The quantitative estimate of drug-likeness (QED) is 0.171. The smallest absolute Gasteiger partial charge is 0.344 e. The first-order valence-electron chi connectivity index (χ1n) is 13.4. The van der Waals surface area contributed by atoms with E-state index in [4.69, 9.17) is 19.2 Å². The van der Waals surface area contributed by atoms with E-state index >= 15 is 0 Å². The minimum atomic E-state index is -0.768. The molecule has 0 spiro atoms. The molecule has 1 aliphatic rings. The molecule has 8 nitrogen and oxygen atoms in total. The normalized spacial score (nSPS) is 14.6. The molecule has 0 saturated carbocycles. The van der Waals surface area contributed by atoms with E-state index in [1.165, 1.54) is 11.3 Å². The zero-order valence-corrected chi connectivity index (χ0v) is 27.8. The molecule has 4 aromatic rings. The van der Waals surface area contributed by atoms with E-state index in [2.05, 4.69) is 38.5 Å². The van der Waals surface area contributed by atoms with Gasteiger partial charge in [-0.3, -0.25) is 9.36 Å². The number of halogens is 2. The number of ether oxygens (including phenoxy) is 3. The Balaban J connectivity index is 1.75. The van der Waals surface area contributed by atoms with Crippen molar-refractivity contribution in [2.45, 2.75) is 19.9 Å². The summed E-state index contributed by atoms with van der Waals surface area (Å²) in [4.78, 5) is 45.1. The predicted octanol–water partition coefficient (Wildman–Crippen LogP) is 5.24. The summed E-state index contributed by atoms with van der Waals surface area (Å²) in [6.45, 7) is 3.62. The van der Waals surface area contributed by atoms with Crippen LogP contribution in [0.4, 0.5) is 0 Å². The number of carbonyl (C=O) groups excluding carboxylic acids is 2. The lowest BCUT2D eigenvalue weighted by Gasteiger charge is -2.25. The van der Waals surface area contributed by atoms with Crippen LogP contribution in [0.3, 0.4) is 0 Å². The summed E-state index contributed by atoms with van der Waals surface area (Å²) in [5.41, 5.74) is 2.50. The summed E-state index contributed by atoms with van der Waals surface area (Å²) in [5, 5.41) is 0. The van der Waals surface area contributed by atoms with Gasteiger partial charge in [-0.05, 0) is 60.2 Å². The maximum atomic E-state index is 14.2. The Labute approximate surface area is 273 Å². The molecular formula is C32H26BrIN2O6S. The van der Waals surface area contributed by atoms with Crippen molar-refractivity contribution in [1.29, 1.82) is 0 Å². The van der Waals surface area contributed by atoms with Crippen LogP contribution in [-0.4, -0.2) is 36.3 Å². The monoisotopic (exact) mass is 772 g/mol. The highest BCUT2D eigenvalue weighted by molar-refractivity contribution is 14.1. The Morgan fingerprint density at radius 1 is 1.02 bits per heavy atom. The first-order chi connectivity index (χ1) is 20.8. The van der Waals surface area contributed by atoms with E-state index in [1.54, 1.807) is 24.5 Å². The first kappa shape index (κ1) is 30.9. The molecule has 0 amide bonds. The summed E-state index contributed by atoms with van der Waals surface area (Å²) < 4.78 is 19.8. The number of rotatable bonds is 9. The first-order valence-corrected chi connectivity index (χ1v) is 16.1. The van der Waals surface area contributed by atoms with Crippen LogP contribution in [0.2, 0.25) is 0 Å². The van der Waals surface area contributed by atoms with Gasteiger partial charge in [-0.1, -0.05) is 87.9 Å². The molecule has 2 heterocycles. The number of carbonyl (C=O) groups is 2. The van der Waals surface area contributed by atoms with Crippen molar-refractivity contribution in [1.82, 2.24) is 4.57 Å². The molecule has 0 bridgehead atoms. The Bertz CT molecular complexity index is 1890. The summed E-state index contributed by atoms with van der Waals surface area (Å²) in [5.74, 6) is -0.585. The highest BCUT2D eigenvalue weighted by Crippen LogP contribution is 2.35. The highest BCUT2D eigenvalue weighted by Gasteiger charge is 2.35. The molecule has 0 N–H and O–H groups in total. The third-order valence-corrected chi connectivity index (χ3v) is 8.69. The fraction of sp³-hybridized carbons (Fsp3) is 0.188. The van der Waals surface area contributed by atoms with E-state index in [-0.39, 0.29) is 31.0 Å². The van der Waals surface area contributed by atoms with E-state index < -0.39 is 18.0 Å². The van der Waals surface area contributed by atoms with Gasteiger partial charge >= 0.3 is 11.9 Å². The Kier molecular flexibility index (Phi) is 9.93. The van der Waals surface area contributed by atoms with Crippen LogP contribution < -0.4 is 19.6 Å². The van der Waals surface area contributed by atoms with E-state index in [0.29, 0.717) is 26.3 Å². The number of esters is 2. The van der Waals surface area contributed by atoms with Gasteiger partial charge in [0, 0.05) is 15.6 Å². The SMILES string of the molecule is CCOC(=O)COc1c(I)cc(Br)cc1/C=c1\sc2n(c1=O)[C@@H](c1ccccc1)C(C(=O)OCC)=C(c1ccccc1)N=2. The van der Waals surface area contributed by atoms with Crippen molar-refractivity contribution in [2.24, 2.45) is 4.99 Å². The highest BCUT2D eigenvalue weighted by atomic mass is 127. The fourth-order valence-corrected chi connectivity index (χ4v) is 7.40. The average Bonchev–Trinajstić information content (AvgIpc) is 3.31. The number of hydrogen-bond donors (Lipinski definition) is 0. The fourth-order valence-electron chi connectivity index (χ4n) is 4.71. The van der Waals surface area contributed by atoms with Gasteiger partial charge in [-0.15, -0.1) is 0 Å². The van der Waals surface area contributed by atoms with Gasteiger partial charge in [0.25, 0.3) is 5.56 Å². The van der Waals surface area contributed by atoms with Gasteiger partial charge in [0.15, 0.2) is 11.4 Å². The van der Waals surface area contributed by atoms with Gasteiger partial charge in [-0.2, -0.15) is 0 Å². The molecular weight excluding hydrogens is 747 g/mol. The Hall–Kier alpha value is -3.55. The lowest BCUT2D eigenvalue weighted by atomic mass is 9.93. The number of thiazole rings is 1. The lowest BCUT2D eigenvalue weighted by Crippen LogP contribution is -2.40. The third kappa shape index (κ3) is 6.68. The summed E-state index contributed by atoms with van der Waals surface area (Å²) in [6, 6.07) is 21.7. The van der Waals surface area contributed by atoms with Crippen LogP contribution in [0.15, 0.2) is 92.6 Å². The molecule has 43 heavy (non-hydrogen) atoms. The number of hydrogen-bond acceptors (Lipinski definition) is 8. The van der Waals surface area contributed by atoms with Gasteiger partial charge in [0.05, 0.1) is 38.6 Å². The number of aromatic nitrogens is 1. The minimum Gasteiger partial charge on any atom is -0.480 e. The standard InChI is InChI=1S/C32H26BrIN2O6S/c1-3-40-25(37)18-42-29-21(15-22(33)17-23(29)34)16-24-30(38)36-28(20-13-9-6-10-14-20)26(31(39)41-4-2)27(35-32(36)43-24)19-11-7-5-8-12-19/h5-17,28H,3-4,18H2,1-2H3/b24-16-/t28-/m0/s1. The molecule has 0 radical (unpaired) electrons. The van der Waals surface area contributed by atoms with Crippen molar-refractivity contribution in [3.8, 4) is 5.75 Å². The molecule has 3 aromatic carbocycles. The minimum absolute atomic E-state index is 0.173. The van der Waals surface area contributed by atoms with Gasteiger partial charge < -0.3 is 14.2 Å². The summed E-state index contributed by atoms with van der Waals surface area (Å²) in [6.07, 6.45) is 1.72. The Morgan fingerprint density at radius 3 is 2.37 bits per heavy atom. The maximum absolute atomic E-state index is 14.2. The zero-order valence-electron chi connectivity index (χ0n) is 23.2. The second-order valence-corrected chi connectivity index (χ2v) is 12.3. The van der Waals surface area contributed by atoms with Crippen LogP contribution in [0.5, 0.6) is 5.75 Å². The van der Waals surface area contributed by atoms with Gasteiger partial charge in [0.2, 0.25) is 0 Å². The number of benzene rings is 3. The maximum Gasteiger partial charge on any atom is 0.344 e. The molecule has 5 rings (SSSR count). The molecule has 0 saturated heterocycles. The molecule has 1 aromatic heterocycles. The van der Waals surface area contributed by atoms with Crippen molar-refractivity contribution in [2.75, 3.05) is 19.8 Å². The van der Waals surface area contributed by atoms with Crippen LogP contribution in [0.1, 0.15) is 36.6 Å².